The lowest BCUT2D eigenvalue weighted by Crippen LogP contribution is -2.23. The van der Waals surface area contributed by atoms with Gasteiger partial charge in [0.2, 0.25) is 0 Å². The zero-order chi connectivity index (χ0) is 20.2. The molecule has 0 radical (unpaired) electrons. The number of nitrogens with zero attached hydrogens (tertiary/aromatic N) is 2. The Morgan fingerprint density at radius 3 is 2.36 bits per heavy atom. The number of benzene rings is 2. The highest BCUT2D eigenvalue weighted by Crippen LogP contribution is 2.37. The van der Waals surface area contributed by atoms with Crippen LogP contribution in [-0.4, -0.2) is 15.7 Å². The smallest absolute Gasteiger partial charge is 0.340 e. The minimum Gasteiger partial charge on any atom is -0.340 e. The van der Waals surface area contributed by atoms with Gasteiger partial charge < -0.3 is 5.32 Å². The van der Waals surface area contributed by atoms with E-state index in [4.69, 9.17) is 0 Å². The average molecular weight is 385 g/mol. The van der Waals surface area contributed by atoms with E-state index in [2.05, 4.69) is 10.4 Å². The van der Waals surface area contributed by atoms with Gasteiger partial charge in [0, 0.05) is 5.56 Å². The van der Waals surface area contributed by atoms with Crippen molar-refractivity contribution in [3.8, 4) is 5.69 Å². The normalized spacial score (nSPS) is 16.2. The van der Waals surface area contributed by atoms with Crippen molar-refractivity contribution in [2.45, 2.75) is 33.0 Å². The Bertz CT molecular complexity index is 1080. The topological polar surface area (TPSA) is 46.9 Å². The predicted molar refractivity (Wildman–Crippen MR) is 98.5 cm³/mol. The Balaban J connectivity index is 1.85. The highest BCUT2D eigenvalue weighted by Gasteiger charge is 2.38. The van der Waals surface area contributed by atoms with E-state index < -0.39 is 17.8 Å². The number of hydrogen-bond acceptors (Lipinski definition) is 2. The zero-order valence-corrected chi connectivity index (χ0v) is 15.6. The molecule has 1 N–H and O–H groups in total. The van der Waals surface area contributed by atoms with E-state index in [1.54, 1.807) is 17.7 Å². The van der Waals surface area contributed by atoms with E-state index >= 15 is 0 Å². The van der Waals surface area contributed by atoms with Crippen LogP contribution in [0.3, 0.4) is 0 Å². The van der Waals surface area contributed by atoms with Gasteiger partial charge in [-0.1, -0.05) is 18.2 Å². The summed E-state index contributed by atoms with van der Waals surface area (Å²) in [5.41, 5.74) is 4.04. The van der Waals surface area contributed by atoms with Crippen molar-refractivity contribution in [2.24, 2.45) is 0 Å². The second kappa shape index (κ2) is 6.22. The zero-order valence-electron chi connectivity index (χ0n) is 15.6. The molecule has 2 aromatic carbocycles. The monoisotopic (exact) mass is 385 g/mol. The van der Waals surface area contributed by atoms with E-state index in [1.807, 2.05) is 32.0 Å². The second-order valence-corrected chi connectivity index (χ2v) is 7.14. The third-order valence-corrected chi connectivity index (χ3v) is 4.88. The van der Waals surface area contributed by atoms with Gasteiger partial charge in [0.05, 0.1) is 23.0 Å². The molecule has 144 valence electrons. The van der Waals surface area contributed by atoms with Gasteiger partial charge in [-0.05, 0) is 61.7 Å². The van der Waals surface area contributed by atoms with Crippen LogP contribution in [0.5, 0.6) is 0 Å². The van der Waals surface area contributed by atoms with E-state index in [0.717, 1.165) is 28.9 Å². The standard InChI is InChI=1S/C21H18F3N3O/c1-11-7-12(2)9-16(8-11)27-19-17(13(3)26-27)18(25-20(19)28)14-5-4-6-15(10-14)21(22,23)24/h4-10,18H,1-3H3,(H,25,28). The summed E-state index contributed by atoms with van der Waals surface area (Å²) in [6, 6.07) is 10.2. The number of hydrogen-bond donors (Lipinski definition) is 1. The lowest BCUT2D eigenvalue weighted by molar-refractivity contribution is -0.137. The SMILES string of the molecule is Cc1cc(C)cc(-n2nc(C)c3c2C(=O)NC3c2cccc(C(F)(F)F)c2)c1. The Hall–Kier alpha value is -3.09. The number of aromatic nitrogens is 2. The molecule has 0 fully saturated rings. The summed E-state index contributed by atoms with van der Waals surface area (Å²) < 4.78 is 40.9. The van der Waals surface area contributed by atoms with Gasteiger partial charge in [-0.3, -0.25) is 4.79 Å². The minimum atomic E-state index is -4.44. The molecule has 0 spiro atoms. The number of carbonyl (C=O) groups is 1. The molecule has 1 aliphatic heterocycles. The first kappa shape index (κ1) is 18.3. The molecule has 1 unspecified atom stereocenters. The van der Waals surface area contributed by atoms with Gasteiger partial charge in [0.25, 0.3) is 5.91 Å². The fraction of sp³-hybridized carbons (Fsp3) is 0.238. The maximum absolute atomic E-state index is 13.1. The van der Waals surface area contributed by atoms with Crippen molar-refractivity contribution in [1.82, 2.24) is 15.1 Å². The van der Waals surface area contributed by atoms with Gasteiger partial charge in [0.15, 0.2) is 0 Å². The van der Waals surface area contributed by atoms with Crippen LogP contribution >= 0.6 is 0 Å². The Morgan fingerprint density at radius 2 is 1.71 bits per heavy atom. The highest BCUT2D eigenvalue weighted by molar-refractivity contribution is 5.99. The molecule has 7 heteroatoms. The molecule has 3 aromatic rings. The average Bonchev–Trinajstić information content (AvgIpc) is 3.12. The fourth-order valence-electron chi connectivity index (χ4n) is 3.78. The van der Waals surface area contributed by atoms with Crippen LogP contribution in [0.25, 0.3) is 5.69 Å². The Morgan fingerprint density at radius 1 is 1.04 bits per heavy atom. The van der Waals surface area contributed by atoms with Gasteiger partial charge in [-0.25, -0.2) is 4.68 Å². The minimum absolute atomic E-state index is 0.350. The number of nitrogens with one attached hydrogen (secondary N) is 1. The molecular formula is C21H18F3N3O. The van der Waals surface area contributed by atoms with Crippen molar-refractivity contribution >= 4 is 5.91 Å². The van der Waals surface area contributed by atoms with Crippen LogP contribution in [0.2, 0.25) is 0 Å². The molecule has 0 saturated heterocycles. The number of amides is 1. The van der Waals surface area contributed by atoms with Crippen LogP contribution in [0.1, 0.15) is 50.0 Å². The van der Waals surface area contributed by atoms with Crippen molar-refractivity contribution in [1.29, 1.82) is 0 Å². The molecule has 2 heterocycles. The summed E-state index contributed by atoms with van der Waals surface area (Å²) in [6.45, 7) is 5.68. The largest absolute Gasteiger partial charge is 0.416 e. The van der Waals surface area contributed by atoms with E-state index in [0.29, 0.717) is 22.5 Å². The van der Waals surface area contributed by atoms with Crippen LogP contribution in [0.15, 0.2) is 42.5 Å². The van der Waals surface area contributed by atoms with Crippen molar-refractivity contribution in [3.05, 3.63) is 81.7 Å². The molecule has 0 aliphatic carbocycles. The summed E-state index contributed by atoms with van der Waals surface area (Å²) in [5, 5.41) is 7.32. The van der Waals surface area contributed by atoms with Crippen LogP contribution in [-0.2, 0) is 6.18 Å². The molecule has 1 atom stereocenters. The number of aryl methyl sites for hydroxylation is 3. The van der Waals surface area contributed by atoms with Crippen molar-refractivity contribution in [2.75, 3.05) is 0 Å². The van der Waals surface area contributed by atoms with Gasteiger partial charge in [-0.2, -0.15) is 18.3 Å². The molecule has 1 aliphatic rings. The van der Waals surface area contributed by atoms with Crippen LogP contribution in [0.4, 0.5) is 13.2 Å². The Kier molecular flexibility index (Phi) is 4.06. The fourth-order valence-corrected chi connectivity index (χ4v) is 3.78. The van der Waals surface area contributed by atoms with E-state index in [1.165, 1.54) is 6.07 Å². The van der Waals surface area contributed by atoms with Gasteiger partial charge in [0.1, 0.15) is 5.69 Å². The summed E-state index contributed by atoms with van der Waals surface area (Å²) in [7, 11) is 0. The molecule has 1 aromatic heterocycles. The van der Waals surface area contributed by atoms with Gasteiger partial charge in [-0.15, -0.1) is 0 Å². The number of rotatable bonds is 2. The second-order valence-electron chi connectivity index (χ2n) is 7.14. The lowest BCUT2D eigenvalue weighted by Gasteiger charge is -2.14. The predicted octanol–water partition coefficient (Wildman–Crippen LogP) is 4.65. The molecule has 4 nitrogen and oxygen atoms in total. The molecule has 0 saturated carbocycles. The van der Waals surface area contributed by atoms with Crippen molar-refractivity contribution in [3.63, 3.8) is 0 Å². The number of halogens is 3. The number of fused-ring (bicyclic) bond motifs is 1. The molecule has 0 bridgehead atoms. The van der Waals surface area contributed by atoms with Crippen LogP contribution in [0, 0.1) is 20.8 Å². The maximum Gasteiger partial charge on any atom is 0.416 e. The van der Waals surface area contributed by atoms with Crippen LogP contribution < -0.4 is 5.32 Å². The molecule has 28 heavy (non-hydrogen) atoms. The lowest BCUT2D eigenvalue weighted by atomic mass is 9.98. The van der Waals surface area contributed by atoms with Gasteiger partial charge >= 0.3 is 6.18 Å². The van der Waals surface area contributed by atoms with E-state index in [-0.39, 0.29) is 5.91 Å². The quantitative estimate of drug-likeness (QED) is 0.698. The van der Waals surface area contributed by atoms with Crippen molar-refractivity contribution < 1.29 is 18.0 Å². The molecular weight excluding hydrogens is 367 g/mol. The summed E-state index contributed by atoms with van der Waals surface area (Å²) >= 11 is 0. The summed E-state index contributed by atoms with van der Waals surface area (Å²) in [4.78, 5) is 12.7. The molecule has 1 amide bonds. The first-order valence-electron chi connectivity index (χ1n) is 8.81. The third kappa shape index (κ3) is 2.96. The number of carbonyl (C=O) groups excluding carboxylic acids is 1. The molecule has 4 rings (SSSR count). The van der Waals surface area contributed by atoms with E-state index in [9.17, 15) is 18.0 Å². The highest BCUT2D eigenvalue weighted by atomic mass is 19.4. The summed E-state index contributed by atoms with van der Waals surface area (Å²) in [5.74, 6) is -0.350. The summed E-state index contributed by atoms with van der Waals surface area (Å²) in [6.07, 6.45) is -4.44. The maximum atomic E-state index is 13.1. The number of alkyl halides is 3. The first-order chi connectivity index (χ1) is 13.1. The third-order valence-electron chi connectivity index (χ3n) is 4.88. The first-order valence-corrected chi connectivity index (χ1v) is 8.81. The Labute approximate surface area is 160 Å².